The first kappa shape index (κ1) is 40.1. The summed E-state index contributed by atoms with van der Waals surface area (Å²) in [7, 11) is -2.41. The molecule has 3 aliphatic rings. The number of hydrogen-bond donors (Lipinski definition) is 3. The Kier molecular flexibility index (Phi) is 11.4. The summed E-state index contributed by atoms with van der Waals surface area (Å²) in [5.74, 6) is -2.39. The van der Waals surface area contributed by atoms with Gasteiger partial charge in [0.2, 0.25) is 27.7 Å². The number of tetrazole rings is 1. The Morgan fingerprint density at radius 1 is 1.15 bits per heavy atom. The normalized spacial score (nSPS) is 22.8. The lowest BCUT2D eigenvalue weighted by atomic mass is 9.98. The van der Waals surface area contributed by atoms with Crippen LogP contribution < -0.4 is 14.8 Å². The van der Waals surface area contributed by atoms with Crippen LogP contribution in [0.1, 0.15) is 79.2 Å². The molecule has 5 rings (SSSR count). The van der Waals surface area contributed by atoms with Gasteiger partial charge in [0.15, 0.2) is 5.78 Å². The summed E-state index contributed by atoms with van der Waals surface area (Å²) in [5, 5.41) is 25.3. The minimum Gasteiger partial charge on any atom is -0.497 e. The molecule has 1 saturated heterocycles. The van der Waals surface area contributed by atoms with Crippen molar-refractivity contribution in [3.05, 3.63) is 48.6 Å². The topological polar surface area (TPSA) is 223 Å². The van der Waals surface area contributed by atoms with E-state index in [1.165, 1.54) is 29.0 Å². The van der Waals surface area contributed by atoms with Gasteiger partial charge in [0.25, 0.3) is 5.91 Å². The van der Waals surface area contributed by atoms with E-state index in [9.17, 15) is 37.5 Å². The summed E-state index contributed by atoms with van der Waals surface area (Å²) in [6, 6.07) is 3.57. The van der Waals surface area contributed by atoms with Crippen molar-refractivity contribution < 1.29 is 42.2 Å². The van der Waals surface area contributed by atoms with Gasteiger partial charge in [-0.25, -0.2) is 13.2 Å². The predicted octanol–water partition coefficient (Wildman–Crippen LogP) is 2.62. The molecule has 0 bridgehead atoms. The number of methoxy groups -OCH3 is 1. The van der Waals surface area contributed by atoms with Crippen LogP contribution in [0.15, 0.2) is 48.6 Å². The number of carbonyl (C=O) groups excluding carboxylic acids is 4. The fraction of sp³-hybridized carbons (Fsp3) is 0.556. The molecule has 0 unspecified atom stereocenters. The first-order valence-corrected chi connectivity index (χ1v) is 19.3. The highest BCUT2D eigenvalue weighted by Gasteiger charge is 2.62. The molecule has 1 aliphatic heterocycles. The largest absolute Gasteiger partial charge is 0.497 e. The summed E-state index contributed by atoms with van der Waals surface area (Å²) < 4.78 is 32.8. The molecule has 18 heteroatoms. The summed E-state index contributed by atoms with van der Waals surface area (Å²) >= 11 is 0. The molecule has 2 heterocycles. The summed E-state index contributed by atoms with van der Waals surface area (Å²) in [6.45, 7) is 12.0. The average Bonchev–Trinajstić information content (AvgIpc) is 3.97. The van der Waals surface area contributed by atoms with E-state index in [1.807, 2.05) is 0 Å². The van der Waals surface area contributed by atoms with Gasteiger partial charge in [-0.2, -0.15) is 4.80 Å². The van der Waals surface area contributed by atoms with E-state index in [4.69, 9.17) is 4.74 Å². The fourth-order valence-corrected chi connectivity index (χ4v) is 8.21. The molecule has 2 aromatic rings. The third kappa shape index (κ3) is 8.63. The number of benzene rings is 1. The monoisotopic (exact) mass is 768 g/mol. The van der Waals surface area contributed by atoms with Gasteiger partial charge < -0.3 is 20.1 Å². The molecule has 0 spiro atoms. The van der Waals surface area contributed by atoms with Crippen molar-refractivity contribution in [3.63, 3.8) is 0 Å². The SMILES string of the molecule is C=C[C@@H]1C[C@]1(NC(=O)[C@@H]1C[C@@H](n2nnc(-c3ccc(OC)cc3)n2)CN1C(=O)[C@H](CCC(=O)C=C(C)C)N(C(=O)O)C(C)(C)C)C(=O)NS(=O)(=O)C1CC1. The second-order valence-corrected chi connectivity index (χ2v) is 17.3. The number of ketones is 1. The summed E-state index contributed by atoms with van der Waals surface area (Å²) in [5.41, 5.74) is -1.36. The number of ether oxygens (including phenoxy) is 1. The molecule has 54 heavy (non-hydrogen) atoms. The van der Waals surface area contributed by atoms with E-state index in [0.29, 0.717) is 24.2 Å². The van der Waals surface area contributed by atoms with Crippen molar-refractivity contribution >= 4 is 39.6 Å². The van der Waals surface area contributed by atoms with Crippen molar-refractivity contribution in [3.8, 4) is 17.1 Å². The fourth-order valence-electron chi connectivity index (χ4n) is 6.84. The van der Waals surface area contributed by atoms with Crippen LogP contribution in [-0.2, 0) is 29.2 Å². The van der Waals surface area contributed by atoms with Crippen molar-refractivity contribution in [2.75, 3.05) is 13.7 Å². The van der Waals surface area contributed by atoms with Gasteiger partial charge in [0.1, 0.15) is 23.4 Å². The van der Waals surface area contributed by atoms with Crippen LogP contribution >= 0.6 is 0 Å². The lowest BCUT2D eigenvalue weighted by Gasteiger charge is -2.41. The van der Waals surface area contributed by atoms with E-state index in [1.54, 1.807) is 58.9 Å². The minimum absolute atomic E-state index is 0.0567. The van der Waals surface area contributed by atoms with Crippen LogP contribution in [0, 0.1) is 5.92 Å². The number of allylic oxidation sites excluding steroid dienone is 2. The summed E-state index contributed by atoms with van der Waals surface area (Å²) in [4.78, 5) is 71.6. The quantitative estimate of drug-likeness (QED) is 0.176. The molecule has 292 valence electrons. The van der Waals surface area contributed by atoms with Crippen molar-refractivity contribution in [1.29, 1.82) is 0 Å². The zero-order valence-corrected chi connectivity index (χ0v) is 32.1. The van der Waals surface area contributed by atoms with E-state index in [2.05, 4.69) is 32.0 Å². The number of amides is 4. The Hall–Kier alpha value is -5.13. The maximum atomic E-state index is 14.7. The number of carbonyl (C=O) groups is 5. The molecular formula is C36H48N8O9S. The highest BCUT2D eigenvalue weighted by Crippen LogP contribution is 2.46. The van der Waals surface area contributed by atoms with Crippen LogP contribution in [0.25, 0.3) is 11.4 Å². The lowest BCUT2D eigenvalue weighted by Crippen LogP contribution is -2.61. The lowest BCUT2D eigenvalue weighted by molar-refractivity contribution is -0.144. The number of nitrogens with zero attached hydrogens (tertiary/aromatic N) is 6. The van der Waals surface area contributed by atoms with E-state index in [0.717, 1.165) is 10.5 Å². The van der Waals surface area contributed by atoms with Crippen LogP contribution in [0.4, 0.5) is 4.79 Å². The van der Waals surface area contributed by atoms with Gasteiger partial charge in [-0.3, -0.25) is 28.8 Å². The number of likely N-dealkylation sites (tertiary alicyclic amines) is 1. The smallest absolute Gasteiger partial charge is 0.408 e. The predicted molar refractivity (Wildman–Crippen MR) is 195 cm³/mol. The van der Waals surface area contributed by atoms with Gasteiger partial charge in [0.05, 0.1) is 18.4 Å². The molecule has 2 aliphatic carbocycles. The van der Waals surface area contributed by atoms with Crippen LogP contribution in [-0.4, -0.2) is 115 Å². The van der Waals surface area contributed by atoms with Crippen LogP contribution in [0.3, 0.4) is 0 Å². The van der Waals surface area contributed by atoms with Crippen molar-refractivity contribution in [1.82, 2.24) is 40.0 Å². The Bertz CT molecular complexity index is 1950. The Morgan fingerprint density at radius 2 is 1.81 bits per heavy atom. The van der Waals surface area contributed by atoms with Gasteiger partial charge in [-0.05, 0) is 95.9 Å². The standard InChI is InChI=1S/C36H48N8O9S/c1-8-23-19-36(23,33(48)40-54(51,52)27-14-15-27)37-31(46)29-18-24(44-39-30(38-41-44)22-9-12-26(53-7)13-10-22)20-42(29)32(47)28(16-11-25(45)17-21(2)3)43(34(49)50)35(4,5)6/h8-10,12-13,17,23-24,27-29H,1,11,14-16,18-20H2,2-7H3,(H,37,46)(H,40,48)(H,49,50)/t23-,24-,28+,29+,36-/m1/s1. The average molecular weight is 769 g/mol. The number of carboxylic acid groups (broad SMARTS) is 1. The maximum absolute atomic E-state index is 14.7. The molecule has 2 saturated carbocycles. The highest BCUT2D eigenvalue weighted by molar-refractivity contribution is 7.91. The van der Waals surface area contributed by atoms with Crippen LogP contribution in [0.5, 0.6) is 5.75 Å². The molecule has 1 aromatic heterocycles. The molecule has 17 nitrogen and oxygen atoms in total. The first-order valence-electron chi connectivity index (χ1n) is 17.8. The third-order valence-electron chi connectivity index (χ3n) is 9.86. The molecule has 1 aromatic carbocycles. The Morgan fingerprint density at radius 3 is 2.35 bits per heavy atom. The van der Waals surface area contributed by atoms with Gasteiger partial charge >= 0.3 is 6.09 Å². The second-order valence-electron chi connectivity index (χ2n) is 15.3. The number of sulfonamides is 1. The third-order valence-corrected chi connectivity index (χ3v) is 11.7. The van der Waals surface area contributed by atoms with E-state index in [-0.39, 0.29) is 43.8 Å². The van der Waals surface area contributed by atoms with E-state index < -0.39 is 74.2 Å². The number of aromatic nitrogens is 4. The van der Waals surface area contributed by atoms with Crippen molar-refractivity contribution in [2.24, 2.45) is 5.92 Å². The molecule has 4 amide bonds. The van der Waals surface area contributed by atoms with Gasteiger partial charge in [-0.1, -0.05) is 11.6 Å². The van der Waals surface area contributed by atoms with Crippen molar-refractivity contribution in [2.45, 2.75) is 108 Å². The number of rotatable bonds is 15. The zero-order valence-electron chi connectivity index (χ0n) is 31.3. The highest BCUT2D eigenvalue weighted by atomic mass is 32.2. The molecule has 3 N–H and O–H groups in total. The molecule has 3 fully saturated rings. The zero-order chi connectivity index (χ0) is 39.7. The molecule has 0 radical (unpaired) electrons. The first-order chi connectivity index (χ1) is 25.3. The molecular weight excluding hydrogens is 721 g/mol. The van der Waals surface area contributed by atoms with Crippen LogP contribution in [0.2, 0.25) is 0 Å². The van der Waals surface area contributed by atoms with Gasteiger partial charge in [0, 0.05) is 36.4 Å². The number of nitrogens with one attached hydrogen (secondary N) is 2. The van der Waals surface area contributed by atoms with Gasteiger partial charge in [-0.15, -0.1) is 16.8 Å². The Balaban J connectivity index is 1.49. The minimum atomic E-state index is -3.95. The Labute approximate surface area is 314 Å². The van der Waals surface area contributed by atoms with E-state index >= 15 is 0 Å². The number of hydrogen-bond acceptors (Lipinski definition) is 11. The second kappa shape index (κ2) is 15.3. The maximum Gasteiger partial charge on any atom is 0.408 e. The molecule has 5 atom stereocenters. The summed E-state index contributed by atoms with van der Waals surface area (Å²) in [6.07, 6.45) is 2.03.